The van der Waals surface area contributed by atoms with Crippen LogP contribution in [0.25, 0.3) is 0 Å². The standard InChI is InChI=1S/C27H29F2N7O2/c1-19(37)38-24(14-32-27-25(31-18-34-27)15-30-17-33-27)16-35-10-12-36(13-11-35)26(20-2-6-22(28)7-3-20)21-4-8-23(29)9-5-21/h2-9,15,17-18,24,26,32H,10-14,16H2,1H3. The molecule has 3 aliphatic heterocycles. The molecule has 0 radical (unpaired) electrons. The van der Waals surface area contributed by atoms with Crippen molar-refractivity contribution in [2.24, 2.45) is 20.0 Å². The van der Waals surface area contributed by atoms with Crippen LogP contribution in [0.15, 0.2) is 68.5 Å². The number of hydrogen-bond donors (Lipinski definition) is 1. The summed E-state index contributed by atoms with van der Waals surface area (Å²) >= 11 is 0. The first-order valence-electron chi connectivity index (χ1n) is 12.5. The SMILES string of the molecule is CC(=O)OC(CNC12N=CN=CC1=NC=N2)CN1CCN(C(c2ccc(F)cc2)c2ccc(F)cc2)CC1. The summed E-state index contributed by atoms with van der Waals surface area (Å²) < 4.78 is 32.9. The lowest BCUT2D eigenvalue weighted by Crippen LogP contribution is -2.55. The zero-order valence-corrected chi connectivity index (χ0v) is 21.0. The molecule has 2 aromatic rings. The minimum absolute atomic E-state index is 0.132. The van der Waals surface area contributed by atoms with E-state index >= 15 is 0 Å². The Kier molecular flexibility index (Phi) is 7.77. The summed E-state index contributed by atoms with van der Waals surface area (Å²) in [5.41, 5.74) is 2.47. The number of nitrogens with one attached hydrogen (secondary N) is 1. The van der Waals surface area contributed by atoms with E-state index in [-0.39, 0.29) is 23.6 Å². The van der Waals surface area contributed by atoms with Crippen molar-refractivity contribution >= 4 is 30.6 Å². The molecule has 0 saturated carbocycles. The Morgan fingerprint density at radius 2 is 1.58 bits per heavy atom. The first-order valence-corrected chi connectivity index (χ1v) is 12.5. The zero-order valence-electron chi connectivity index (χ0n) is 21.0. The molecule has 1 N–H and O–H groups in total. The number of nitrogens with zero attached hydrogens (tertiary/aromatic N) is 6. The Labute approximate surface area is 219 Å². The van der Waals surface area contributed by atoms with E-state index in [0.717, 1.165) is 37.3 Å². The Morgan fingerprint density at radius 3 is 2.18 bits per heavy atom. The maximum absolute atomic E-state index is 13.6. The smallest absolute Gasteiger partial charge is 0.302 e. The van der Waals surface area contributed by atoms with Crippen molar-refractivity contribution in [3.8, 4) is 0 Å². The Balaban J connectivity index is 1.24. The third-order valence-electron chi connectivity index (χ3n) is 6.82. The van der Waals surface area contributed by atoms with Crippen molar-refractivity contribution in [1.29, 1.82) is 0 Å². The average molecular weight is 522 g/mol. The second kappa shape index (κ2) is 11.4. The van der Waals surface area contributed by atoms with Crippen LogP contribution in [0.5, 0.6) is 0 Å². The fraction of sp³-hybridized carbons (Fsp3) is 0.370. The lowest BCUT2D eigenvalue weighted by Gasteiger charge is -2.40. The summed E-state index contributed by atoms with van der Waals surface area (Å²) in [6, 6.07) is 12.8. The molecule has 5 rings (SSSR count). The second-order valence-corrected chi connectivity index (χ2v) is 9.41. The maximum Gasteiger partial charge on any atom is 0.302 e. The maximum atomic E-state index is 13.6. The molecule has 3 heterocycles. The topological polar surface area (TPSA) is 94.2 Å². The molecule has 2 aromatic carbocycles. The van der Waals surface area contributed by atoms with Crippen LogP contribution in [-0.2, 0) is 9.53 Å². The van der Waals surface area contributed by atoms with Crippen LogP contribution >= 0.6 is 0 Å². The molecule has 9 nitrogen and oxygen atoms in total. The number of esters is 1. The highest BCUT2D eigenvalue weighted by molar-refractivity contribution is 6.39. The van der Waals surface area contributed by atoms with E-state index in [9.17, 15) is 13.6 Å². The molecule has 0 aromatic heterocycles. The molecule has 1 saturated heterocycles. The van der Waals surface area contributed by atoms with Gasteiger partial charge in [-0.05, 0) is 35.4 Å². The third-order valence-corrected chi connectivity index (χ3v) is 6.82. The van der Waals surface area contributed by atoms with Gasteiger partial charge < -0.3 is 4.74 Å². The van der Waals surface area contributed by atoms with Gasteiger partial charge in [0, 0.05) is 46.2 Å². The number of fused-ring (bicyclic) bond motifs is 1. The molecule has 2 unspecified atom stereocenters. The molecule has 3 aliphatic rings. The van der Waals surface area contributed by atoms with Gasteiger partial charge in [-0.2, -0.15) is 0 Å². The first-order chi connectivity index (χ1) is 18.4. The number of aliphatic imine (C=N–C) groups is 4. The predicted octanol–water partition coefficient (Wildman–Crippen LogP) is 2.44. The van der Waals surface area contributed by atoms with E-state index in [1.54, 1.807) is 30.5 Å². The molecule has 198 valence electrons. The van der Waals surface area contributed by atoms with Gasteiger partial charge in [-0.1, -0.05) is 24.3 Å². The Morgan fingerprint density at radius 1 is 0.974 bits per heavy atom. The summed E-state index contributed by atoms with van der Waals surface area (Å²) in [6.45, 7) is 5.18. The van der Waals surface area contributed by atoms with E-state index in [0.29, 0.717) is 18.8 Å². The fourth-order valence-electron chi connectivity index (χ4n) is 4.99. The first kappa shape index (κ1) is 26.0. The molecule has 2 atom stereocenters. The zero-order chi connectivity index (χ0) is 26.5. The van der Waals surface area contributed by atoms with Gasteiger partial charge in [-0.15, -0.1) is 0 Å². The van der Waals surface area contributed by atoms with Crippen LogP contribution < -0.4 is 5.32 Å². The van der Waals surface area contributed by atoms with Gasteiger partial charge in [-0.3, -0.25) is 19.9 Å². The Hall–Kier alpha value is -3.67. The molecule has 0 bridgehead atoms. The van der Waals surface area contributed by atoms with Crippen molar-refractivity contribution in [3.05, 3.63) is 71.3 Å². The second-order valence-electron chi connectivity index (χ2n) is 9.41. The van der Waals surface area contributed by atoms with Crippen LogP contribution in [-0.4, -0.2) is 91.5 Å². The van der Waals surface area contributed by atoms with Gasteiger partial charge in [0.05, 0.1) is 12.3 Å². The molecular formula is C27H29F2N7O2. The number of piperazine rings is 1. The van der Waals surface area contributed by atoms with Gasteiger partial charge >= 0.3 is 5.97 Å². The highest BCUT2D eigenvalue weighted by Gasteiger charge is 2.38. The highest BCUT2D eigenvalue weighted by atomic mass is 19.1. The largest absolute Gasteiger partial charge is 0.460 e. The van der Waals surface area contributed by atoms with Gasteiger partial charge in [0.25, 0.3) is 5.79 Å². The predicted molar refractivity (Wildman–Crippen MR) is 142 cm³/mol. The normalized spacial score (nSPS) is 21.9. The van der Waals surface area contributed by atoms with Crippen LogP contribution in [0.3, 0.4) is 0 Å². The molecule has 38 heavy (non-hydrogen) atoms. The number of halogens is 2. The molecular weight excluding hydrogens is 492 g/mol. The number of rotatable bonds is 9. The van der Waals surface area contributed by atoms with Crippen LogP contribution in [0.4, 0.5) is 8.78 Å². The van der Waals surface area contributed by atoms with Gasteiger partial charge in [-0.25, -0.2) is 28.8 Å². The summed E-state index contributed by atoms with van der Waals surface area (Å²) in [5, 5.41) is 3.28. The Bertz CT molecular complexity index is 1210. The third kappa shape index (κ3) is 5.90. The molecule has 11 heteroatoms. The van der Waals surface area contributed by atoms with Gasteiger partial charge in [0.1, 0.15) is 36.1 Å². The van der Waals surface area contributed by atoms with E-state index in [1.165, 1.54) is 43.9 Å². The summed E-state index contributed by atoms with van der Waals surface area (Å²) in [7, 11) is 0. The summed E-state index contributed by atoms with van der Waals surface area (Å²) in [5.74, 6) is -1.99. The summed E-state index contributed by atoms with van der Waals surface area (Å²) in [4.78, 5) is 33.3. The summed E-state index contributed by atoms with van der Waals surface area (Å²) in [6.07, 6.45) is 4.04. The van der Waals surface area contributed by atoms with Gasteiger partial charge in [0.15, 0.2) is 0 Å². The average Bonchev–Trinajstić information content (AvgIpc) is 3.35. The number of benzene rings is 2. The molecule has 0 amide bonds. The molecule has 0 spiro atoms. The van der Waals surface area contributed by atoms with Crippen molar-refractivity contribution in [2.45, 2.75) is 24.9 Å². The van der Waals surface area contributed by atoms with Gasteiger partial charge in [0.2, 0.25) is 0 Å². The highest BCUT2D eigenvalue weighted by Crippen LogP contribution is 2.30. The van der Waals surface area contributed by atoms with E-state index in [1.807, 2.05) is 0 Å². The van der Waals surface area contributed by atoms with E-state index in [4.69, 9.17) is 4.74 Å². The fourth-order valence-corrected chi connectivity index (χ4v) is 4.99. The van der Waals surface area contributed by atoms with Crippen LogP contribution in [0.2, 0.25) is 0 Å². The van der Waals surface area contributed by atoms with E-state index in [2.05, 4.69) is 35.1 Å². The molecule has 1 fully saturated rings. The van der Waals surface area contributed by atoms with Crippen molar-refractivity contribution in [2.75, 3.05) is 39.3 Å². The number of hydrogen-bond acceptors (Lipinski definition) is 9. The lowest BCUT2D eigenvalue weighted by molar-refractivity contribution is -0.147. The lowest BCUT2D eigenvalue weighted by atomic mass is 9.96. The molecule has 0 aliphatic carbocycles. The van der Waals surface area contributed by atoms with Crippen LogP contribution in [0.1, 0.15) is 24.1 Å². The quantitative estimate of drug-likeness (QED) is 0.512. The van der Waals surface area contributed by atoms with Crippen molar-refractivity contribution < 1.29 is 18.3 Å². The van der Waals surface area contributed by atoms with Crippen LogP contribution in [0, 0.1) is 11.6 Å². The minimum atomic E-state index is -1.03. The monoisotopic (exact) mass is 521 g/mol. The number of carbonyl (C=O) groups is 1. The van der Waals surface area contributed by atoms with E-state index < -0.39 is 11.9 Å². The minimum Gasteiger partial charge on any atom is -0.460 e. The number of ether oxygens (including phenoxy) is 1. The van der Waals surface area contributed by atoms with Crippen molar-refractivity contribution in [3.63, 3.8) is 0 Å². The van der Waals surface area contributed by atoms with Crippen molar-refractivity contribution in [1.82, 2.24) is 15.1 Å². The number of carbonyl (C=O) groups excluding carboxylic acids is 1.